The fraction of sp³-hybridized carbons (Fsp3) is 0.375. The number of amides is 1. The second kappa shape index (κ2) is 17.3. The van der Waals surface area contributed by atoms with Crippen molar-refractivity contribution in [2.45, 2.75) is 79.6 Å². The fourth-order valence-corrected chi connectivity index (χ4v) is 5.68. The van der Waals surface area contributed by atoms with Crippen molar-refractivity contribution in [1.82, 2.24) is 5.32 Å². The first-order valence-corrected chi connectivity index (χ1v) is 16.8. The fourth-order valence-electron chi connectivity index (χ4n) is 5.68. The van der Waals surface area contributed by atoms with Gasteiger partial charge in [0, 0.05) is 35.3 Å². The second-order valence-electron chi connectivity index (χ2n) is 13.4. The van der Waals surface area contributed by atoms with Crippen molar-refractivity contribution in [1.29, 1.82) is 0 Å². The monoisotopic (exact) mass is 700 g/mol. The Kier molecular flexibility index (Phi) is 13.7. The lowest BCUT2D eigenvalue weighted by molar-refractivity contribution is -0.118. The number of phenolic OH excluding ortho intramolecular Hbond substituents is 1. The number of aryl methyl sites for hydroxylation is 1. The Hall–Kier alpha value is -4.97. The van der Waals surface area contributed by atoms with Gasteiger partial charge < -0.3 is 31.5 Å². The Morgan fingerprint density at radius 2 is 1.41 bits per heavy atom. The maximum atomic E-state index is 13.8. The Balaban J connectivity index is 2.08. The smallest absolute Gasteiger partial charge is 0.251 e. The predicted octanol–water partition coefficient (Wildman–Crippen LogP) is 4.41. The highest BCUT2D eigenvalue weighted by Crippen LogP contribution is 2.36. The number of aliphatic hydroxyl groups excluding tert-OH is 3. The van der Waals surface area contributed by atoms with Gasteiger partial charge in [-0.3, -0.25) is 24.0 Å². The minimum atomic E-state index is -1.01. The summed E-state index contributed by atoms with van der Waals surface area (Å²) in [6.07, 6.45) is 11.3. The van der Waals surface area contributed by atoms with Crippen LogP contribution in [0.25, 0.3) is 0 Å². The summed E-state index contributed by atoms with van der Waals surface area (Å²) in [5.41, 5.74) is 4.83. The first kappa shape index (κ1) is 40.5. The van der Waals surface area contributed by atoms with E-state index in [1.54, 1.807) is 64.2 Å². The van der Waals surface area contributed by atoms with Gasteiger partial charge in [0.15, 0.2) is 11.6 Å². The third-order valence-corrected chi connectivity index (χ3v) is 9.20. The number of nitrogens with two attached hydrogens (primary N) is 1. The largest absolute Gasteiger partial charge is 0.507 e. The Bertz CT molecular complexity index is 1820. The van der Waals surface area contributed by atoms with E-state index in [0.29, 0.717) is 5.57 Å². The first-order chi connectivity index (χ1) is 23.9. The quantitative estimate of drug-likeness (QED) is 0.210. The SMILES string of the molecule is CC1=C/C=C\C=C/[C@H](C)[C@@H](O)CC(=O)/C(C)=C\C[C@H](O)/C=C\[C@H](C)[C@H](O)[C@@H](C)C=C(C)C(=O)c2c(O)c(C)cc3c2C(=O)C(N)=C(NC1=O)C3=O. The van der Waals surface area contributed by atoms with Crippen LogP contribution in [-0.2, 0) is 9.59 Å². The van der Waals surface area contributed by atoms with Gasteiger partial charge in [-0.05, 0) is 56.9 Å². The van der Waals surface area contributed by atoms with Gasteiger partial charge in [0.1, 0.15) is 17.1 Å². The summed E-state index contributed by atoms with van der Waals surface area (Å²) in [6, 6.07) is 1.26. The van der Waals surface area contributed by atoms with Gasteiger partial charge in [0.2, 0.25) is 11.6 Å². The maximum Gasteiger partial charge on any atom is 0.251 e. The van der Waals surface area contributed by atoms with Crippen LogP contribution in [0.5, 0.6) is 5.75 Å². The number of hydrogen-bond donors (Lipinski definition) is 6. The van der Waals surface area contributed by atoms with E-state index in [1.165, 1.54) is 45.1 Å². The molecule has 0 saturated heterocycles. The highest BCUT2D eigenvalue weighted by Gasteiger charge is 2.38. The standard InChI is InChI=1S/C40H48N2O9/c1-20-11-9-8-10-12-23(4)40(51)42-34-33(41)39(50)31-28(38(34)49)18-26(7)37(48)32(31)36(47)25(6)17-24(5)35(46)22(3)14-16-27(43)15-13-21(2)30(45)19-29(20)44/h8-14,16-18,20,22,24,27,29,35,43-44,46,48H,15,19,41H2,1-7H3,(H,42,51)/b10-8-,11-9-,16-14-,21-13-,23-12?,25-17?/t20-,22-,24-,27-,29-,35-/m0/s1. The van der Waals surface area contributed by atoms with E-state index in [2.05, 4.69) is 5.32 Å². The average molecular weight is 701 g/mol. The highest BCUT2D eigenvalue weighted by molar-refractivity contribution is 6.31. The van der Waals surface area contributed by atoms with Crippen molar-refractivity contribution in [3.05, 3.63) is 111 Å². The van der Waals surface area contributed by atoms with E-state index >= 15 is 0 Å². The molecule has 3 aliphatic rings. The van der Waals surface area contributed by atoms with E-state index in [0.717, 1.165) is 0 Å². The molecule has 7 N–H and O–H groups in total. The average Bonchev–Trinajstić information content (AvgIpc) is 3.09. The zero-order valence-corrected chi connectivity index (χ0v) is 30.1. The van der Waals surface area contributed by atoms with Crippen LogP contribution in [-0.4, -0.2) is 67.8 Å². The number of benzene rings is 1. The number of nitrogens with one attached hydrogen (secondary N) is 1. The van der Waals surface area contributed by atoms with E-state index in [1.807, 2.05) is 0 Å². The summed E-state index contributed by atoms with van der Waals surface area (Å²) in [5.74, 6) is -5.44. The molecule has 4 bridgehead atoms. The summed E-state index contributed by atoms with van der Waals surface area (Å²) >= 11 is 0. The number of phenols is 1. The van der Waals surface area contributed by atoms with E-state index in [9.17, 15) is 44.4 Å². The van der Waals surface area contributed by atoms with Crippen LogP contribution < -0.4 is 11.1 Å². The number of carbonyl (C=O) groups excluding carboxylic acids is 5. The molecule has 0 radical (unpaired) electrons. The molecule has 4 rings (SSSR count). The van der Waals surface area contributed by atoms with Gasteiger partial charge in [0.05, 0.1) is 29.4 Å². The third-order valence-electron chi connectivity index (χ3n) is 9.20. The molecule has 2 aliphatic heterocycles. The molecule has 11 nitrogen and oxygen atoms in total. The van der Waals surface area contributed by atoms with Crippen molar-refractivity contribution in [2.24, 2.45) is 23.5 Å². The molecule has 2 heterocycles. The van der Waals surface area contributed by atoms with Gasteiger partial charge >= 0.3 is 0 Å². The molecule has 272 valence electrons. The lowest BCUT2D eigenvalue weighted by Gasteiger charge is -2.24. The van der Waals surface area contributed by atoms with E-state index < -0.39 is 76.1 Å². The predicted molar refractivity (Wildman–Crippen MR) is 194 cm³/mol. The van der Waals surface area contributed by atoms with Crippen molar-refractivity contribution in [3.8, 4) is 5.75 Å². The van der Waals surface area contributed by atoms with Crippen molar-refractivity contribution in [3.63, 3.8) is 0 Å². The topological polar surface area (TPSA) is 204 Å². The molecule has 0 saturated carbocycles. The van der Waals surface area contributed by atoms with Crippen LogP contribution in [0.2, 0.25) is 0 Å². The summed E-state index contributed by atoms with van der Waals surface area (Å²) in [6.45, 7) is 11.2. The number of allylic oxidation sites excluding steroid dienone is 8. The van der Waals surface area contributed by atoms with Crippen molar-refractivity contribution >= 4 is 29.0 Å². The minimum Gasteiger partial charge on any atom is -0.507 e. The summed E-state index contributed by atoms with van der Waals surface area (Å²) in [5, 5.41) is 45.6. The maximum absolute atomic E-state index is 13.8. The van der Waals surface area contributed by atoms with Gasteiger partial charge in [0.25, 0.3) is 5.91 Å². The van der Waals surface area contributed by atoms with E-state index in [-0.39, 0.29) is 52.4 Å². The summed E-state index contributed by atoms with van der Waals surface area (Å²) in [7, 11) is 0. The first-order valence-electron chi connectivity index (χ1n) is 16.8. The molecule has 1 aliphatic carbocycles. The second-order valence-corrected chi connectivity index (χ2v) is 13.4. The molecule has 0 aromatic heterocycles. The molecule has 51 heavy (non-hydrogen) atoms. The zero-order valence-electron chi connectivity index (χ0n) is 30.1. The van der Waals surface area contributed by atoms with Crippen LogP contribution in [0.1, 0.15) is 91.0 Å². The molecule has 0 unspecified atom stereocenters. The number of Topliss-reactive ketones (excluding diaryl/α,β-unsaturated/α-hetero) is 4. The van der Waals surface area contributed by atoms with Crippen LogP contribution >= 0.6 is 0 Å². The number of rotatable bonds is 0. The summed E-state index contributed by atoms with van der Waals surface area (Å²) in [4.78, 5) is 66.8. The summed E-state index contributed by atoms with van der Waals surface area (Å²) < 4.78 is 0. The zero-order chi connectivity index (χ0) is 38.3. The molecule has 1 aromatic carbocycles. The number of ketones is 4. The van der Waals surface area contributed by atoms with Gasteiger partial charge in [-0.25, -0.2) is 0 Å². The number of hydrogen-bond acceptors (Lipinski definition) is 10. The van der Waals surface area contributed by atoms with Gasteiger partial charge in [-0.2, -0.15) is 0 Å². The number of aliphatic hydroxyl groups is 3. The highest BCUT2D eigenvalue weighted by atomic mass is 16.3. The Labute approximate surface area is 298 Å². The molecule has 0 spiro atoms. The molecular formula is C40H48N2O9. The lowest BCUT2D eigenvalue weighted by Crippen LogP contribution is -2.37. The number of carbonyl (C=O) groups is 5. The Morgan fingerprint density at radius 1 is 0.745 bits per heavy atom. The van der Waals surface area contributed by atoms with Gasteiger partial charge in [-0.15, -0.1) is 0 Å². The van der Waals surface area contributed by atoms with Gasteiger partial charge in [-0.1, -0.05) is 75.5 Å². The molecule has 6 atom stereocenters. The van der Waals surface area contributed by atoms with Crippen LogP contribution in [0.4, 0.5) is 0 Å². The normalized spacial score (nSPS) is 29.5. The molecule has 1 amide bonds. The number of aromatic hydroxyl groups is 1. The van der Waals surface area contributed by atoms with E-state index in [4.69, 9.17) is 5.73 Å². The van der Waals surface area contributed by atoms with Crippen molar-refractivity contribution in [2.75, 3.05) is 0 Å². The van der Waals surface area contributed by atoms with Crippen LogP contribution in [0.3, 0.4) is 0 Å². The van der Waals surface area contributed by atoms with Crippen molar-refractivity contribution < 1.29 is 44.4 Å². The minimum absolute atomic E-state index is 0.0835. The molecule has 1 aromatic rings. The molecule has 11 heteroatoms. The Morgan fingerprint density at radius 3 is 2.08 bits per heavy atom. The molecular weight excluding hydrogens is 652 g/mol. The molecule has 0 fully saturated rings. The van der Waals surface area contributed by atoms with Crippen LogP contribution in [0.15, 0.2) is 88.9 Å². The number of fused-ring (bicyclic) bond motifs is 18. The lowest BCUT2D eigenvalue weighted by atomic mass is 9.82. The van der Waals surface area contributed by atoms with Crippen LogP contribution in [0, 0.1) is 24.7 Å². The third kappa shape index (κ3) is 9.63.